The number of carbonyl (C=O) groups is 2. The third-order valence-electron chi connectivity index (χ3n) is 6.53. The smallest absolute Gasteiger partial charge is 0.408 e. The van der Waals surface area contributed by atoms with Crippen LogP contribution in [-0.2, 0) is 17.8 Å². The molecule has 1 heterocycles. The molecule has 36 heavy (non-hydrogen) atoms. The Morgan fingerprint density at radius 1 is 1.03 bits per heavy atom. The van der Waals surface area contributed by atoms with Crippen LogP contribution in [0.4, 0.5) is 4.79 Å². The Morgan fingerprint density at radius 2 is 1.67 bits per heavy atom. The normalized spacial score (nSPS) is 13.3. The van der Waals surface area contributed by atoms with Crippen LogP contribution in [0.15, 0.2) is 91.1 Å². The highest BCUT2D eigenvalue weighted by Gasteiger charge is 2.47. The lowest BCUT2D eigenvalue weighted by atomic mass is 9.84. The van der Waals surface area contributed by atoms with Gasteiger partial charge in [-0.05, 0) is 29.7 Å². The van der Waals surface area contributed by atoms with E-state index in [-0.39, 0.29) is 25.4 Å². The van der Waals surface area contributed by atoms with Crippen molar-refractivity contribution in [2.45, 2.75) is 37.9 Å². The molecule has 1 aromatic heterocycles. The average molecular weight is 481 g/mol. The lowest BCUT2D eigenvalue weighted by Crippen LogP contribution is -2.61. The molecule has 0 aliphatic heterocycles. The van der Waals surface area contributed by atoms with Gasteiger partial charge in [0.05, 0.1) is 25.1 Å². The van der Waals surface area contributed by atoms with Crippen LogP contribution in [0, 0.1) is 11.3 Å². The van der Waals surface area contributed by atoms with Crippen molar-refractivity contribution in [2.24, 2.45) is 0 Å². The van der Waals surface area contributed by atoms with Gasteiger partial charge in [-0.1, -0.05) is 78.9 Å². The maximum Gasteiger partial charge on any atom is 0.408 e. The topological polar surface area (TPSA) is 109 Å². The van der Waals surface area contributed by atoms with E-state index in [1.54, 1.807) is 6.20 Å². The van der Waals surface area contributed by atoms with Gasteiger partial charge in [-0.3, -0.25) is 9.69 Å². The Bertz CT molecular complexity index is 1380. The first-order valence-electron chi connectivity index (χ1n) is 11.8. The summed E-state index contributed by atoms with van der Waals surface area (Å²) >= 11 is 0. The quantitative estimate of drug-likeness (QED) is 0.297. The monoisotopic (exact) mass is 480 g/mol. The fraction of sp³-hybridized carbons (Fsp3) is 0.207. The first kappa shape index (κ1) is 24.6. The second-order valence-electron chi connectivity index (χ2n) is 8.86. The van der Waals surface area contributed by atoms with Crippen LogP contribution >= 0.6 is 0 Å². The molecule has 0 saturated heterocycles. The van der Waals surface area contributed by atoms with Gasteiger partial charge in [-0.25, -0.2) is 4.79 Å². The Hall–Kier alpha value is -4.57. The van der Waals surface area contributed by atoms with Gasteiger partial charge < -0.3 is 15.4 Å². The SMILES string of the molecule is CC(NC(=O)C(CC#N)(Cc1c[nH]c2ccccc12)N(Cc1ccccc1)C(=O)O)c1ccccc1. The van der Waals surface area contributed by atoms with Crippen LogP contribution in [0.25, 0.3) is 10.9 Å². The number of hydrogen-bond acceptors (Lipinski definition) is 3. The van der Waals surface area contributed by atoms with Gasteiger partial charge in [-0.15, -0.1) is 0 Å². The molecular weight excluding hydrogens is 452 g/mol. The number of nitrogens with one attached hydrogen (secondary N) is 2. The molecule has 7 nitrogen and oxygen atoms in total. The van der Waals surface area contributed by atoms with Gasteiger partial charge >= 0.3 is 6.09 Å². The van der Waals surface area contributed by atoms with Crippen LogP contribution in [0.1, 0.15) is 36.1 Å². The molecule has 2 atom stereocenters. The van der Waals surface area contributed by atoms with Gasteiger partial charge in [-0.2, -0.15) is 5.26 Å². The van der Waals surface area contributed by atoms with Gasteiger partial charge in [0, 0.05) is 23.5 Å². The van der Waals surface area contributed by atoms with E-state index < -0.39 is 17.5 Å². The number of amides is 2. The average Bonchev–Trinajstić information content (AvgIpc) is 3.30. The van der Waals surface area contributed by atoms with E-state index in [4.69, 9.17) is 0 Å². The molecular formula is C29H28N4O3. The number of nitrogens with zero attached hydrogens (tertiary/aromatic N) is 2. The highest BCUT2D eigenvalue weighted by atomic mass is 16.4. The summed E-state index contributed by atoms with van der Waals surface area (Å²) in [6.07, 6.45) is 0.250. The minimum absolute atomic E-state index is 0.0344. The summed E-state index contributed by atoms with van der Waals surface area (Å²) in [6, 6.07) is 27.9. The van der Waals surface area contributed by atoms with Gasteiger partial charge in [0.1, 0.15) is 5.54 Å². The van der Waals surface area contributed by atoms with E-state index in [2.05, 4.69) is 16.4 Å². The minimum Gasteiger partial charge on any atom is -0.465 e. The van der Waals surface area contributed by atoms with Crippen LogP contribution in [0.3, 0.4) is 0 Å². The van der Waals surface area contributed by atoms with Crippen LogP contribution in [0.2, 0.25) is 0 Å². The molecule has 0 radical (unpaired) electrons. The largest absolute Gasteiger partial charge is 0.465 e. The Balaban J connectivity index is 1.80. The third-order valence-corrected chi connectivity index (χ3v) is 6.53. The minimum atomic E-state index is -1.66. The summed E-state index contributed by atoms with van der Waals surface area (Å²) in [5, 5.41) is 24.1. The number of aromatic nitrogens is 1. The molecule has 4 rings (SSSR count). The number of rotatable bonds is 9. The number of carbonyl (C=O) groups excluding carboxylic acids is 1. The lowest BCUT2D eigenvalue weighted by molar-refractivity contribution is -0.133. The molecule has 7 heteroatoms. The molecule has 0 aliphatic carbocycles. The van der Waals surface area contributed by atoms with Crippen LogP contribution in [0.5, 0.6) is 0 Å². The van der Waals surface area contributed by atoms with Gasteiger partial charge in [0.15, 0.2) is 0 Å². The van der Waals surface area contributed by atoms with Crippen molar-refractivity contribution in [1.29, 1.82) is 5.26 Å². The molecule has 4 aromatic rings. The molecule has 0 saturated carbocycles. The number of benzene rings is 3. The van der Waals surface area contributed by atoms with E-state index in [1.807, 2.05) is 91.9 Å². The second-order valence-corrected chi connectivity index (χ2v) is 8.86. The van der Waals surface area contributed by atoms with Crippen molar-refractivity contribution in [3.8, 4) is 6.07 Å². The number of fused-ring (bicyclic) bond motifs is 1. The molecule has 0 spiro atoms. The second kappa shape index (κ2) is 10.8. The number of nitriles is 1. The van der Waals surface area contributed by atoms with E-state index in [1.165, 1.54) is 0 Å². The highest BCUT2D eigenvalue weighted by molar-refractivity contribution is 5.92. The number of carboxylic acid groups (broad SMARTS) is 1. The maximum absolute atomic E-state index is 14.1. The van der Waals surface area contributed by atoms with E-state index in [0.717, 1.165) is 32.5 Å². The predicted octanol–water partition coefficient (Wildman–Crippen LogP) is 5.42. The number of aromatic amines is 1. The Labute approximate surface area is 210 Å². The van der Waals surface area contributed by atoms with Crippen molar-refractivity contribution in [1.82, 2.24) is 15.2 Å². The standard InChI is InChI=1S/C29H28N4O3/c1-21(23-12-6-3-7-13-23)32-27(34)29(16-17-30,18-24-19-31-26-15-9-8-14-25(24)26)33(28(35)36)20-22-10-4-2-5-11-22/h2-15,19,21,31H,16,18,20H2,1H3,(H,32,34)(H,35,36). The summed E-state index contributed by atoms with van der Waals surface area (Å²) in [7, 11) is 0. The number of H-pyrrole nitrogens is 1. The zero-order chi connectivity index (χ0) is 25.5. The van der Waals surface area contributed by atoms with E-state index >= 15 is 0 Å². The fourth-order valence-corrected chi connectivity index (χ4v) is 4.58. The van der Waals surface area contributed by atoms with Gasteiger partial charge in [0.2, 0.25) is 5.91 Å². The third kappa shape index (κ3) is 5.08. The predicted molar refractivity (Wildman–Crippen MR) is 138 cm³/mol. The molecule has 0 aliphatic rings. The first-order valence-corrected chi connectivity index (χ1v) is 11.8. The lowest BCUT2D eigenvalue weighted by Gasteiger charge is -2.40. The summed E-state index contributed by atoms with van der Waals surface area (Å²) in [4.78, 5) is 31.1. The molecule has 0 fully saturated rings. The summed E-state index contributed by atoms with van der Waals surface area (Å²) in [5.74, 6) is -0.510. The van der Waals surface area contributed by atoms with Crippen LogP contribution < -0.4 is 5.32 Å². The molecule has 0 bridgehead atoms. The molecule has 2 unspecified atom stereocenters. The number of para-hydroxylation sites is 1. The molecule has 3 aromatic carbocycles. The van der Waals surface area contributed by atoms with Crippen LogP contribution in [-0.4, -0.2) is 32.5 Å². The zero-order valence-electron chi connectivity index (χ0n) is 20.0. The van der Waals surface area contributed by atoms with Gasteiger partial charge in [0.25, 0.3) is 0 Å². The Kier molecular flexibility index (Phi) is 7.36. The number of hydrogen-bond donors (Lipinski definition) is 3. The highest BCUT2D eigenvalue weighted by Crippen LogP contribution is 2.32. The summed E-state index contributed by atoms with van der Waals surface area (Å²) in [5.41, 5.74) is 1.59. The fourth-order valence-electron chi connectivity index (χ4n) is 4.58. The van der Waals surface area contributed by atoms with E-state index in [0.29, 0.717) is 0 Å². The summed E-state index contributed by atoms with van der Waals surface area (Å²) < 4.78 is 0. The van der Waals surface area contributed by atoms with E-state index in [9.17, 15) is 20.0 Å². The van der Waals surface area contributed by atoms with Crippen molar-refractivity contribution < 1.29 is 14.7 Å². The van der Waals surface area contributed by atoms with Crippen molar-refractivity contribution in [3.63, 3.8) is 0 Å². The van der Waals surface area contributed by atoms with Crippen molar-refractivity contribution in [3.05, 3.63) is 108 Å². The Morgan fingerprint density at radius 3 is 2.33 bits per heavy atom. The zero-order valence-corrected chi connectivity index (χ0v) is 20.0. The first-order chi connectivity index (χ1) is 17.4. The maximum atomic E-state index is 14.1. The van der Waals surface area contributed by atoms with Crippen molar-refractivity contribution in [2.75, 3.05) is 0 Å². The summed E-state index contributed by atoms with van der Waals surface area (Å²) in [6.45, 7) is 1.81. The molecule has 2 amide bonds. The molecule has 3 N–H and O–H groups in total. The molecule has 182 valence electrons. The van der Waals surface area contributed by atoms with Crippen molar-refractivity contribution >= 4 is 22.9 Å².